The van der Waals surface area contributed by atoms with E-state index in [2.05, 4.69) is 32.9 Å². The molecule has 0 saturated heterocycles. The first kappa shape index (κ1) is 12.4. The molecule has 0 fully saturated rings. The predicted octanol–water partition coefficient (Wildman–Crippen LogP) is 1.88. The first-order valence-electron chi connectivity index (χ1n) is 5.39. The topological polar surface area (TPSA) is 65.1 Å². The molecule has 90 valence electrons. The Kier molecular flexibility index (Phi) is 4.01. The van der Waals surface area contributed by atoms with Gasteiger partial charge in [-0.3, -0.25) is 4.79 Å². The number of aromatic amines is 1. The zero-order valence-corrected chi connectivity index (χ0v) is 11.3. The highest BCUT2D eigenvalue weighted by molar-refractivity contribution is 14.1. The number of para-hydroxylation sites is 1. The van der Waals surface area contributed by atoms with E-state index in [0.717, 1.165) is 14.5 Å². The fourth-order valence-corrected chi connectivity index (χ4v) is 2.48. The smallest absolute Gasteiger partial charge is 0.268 e. The largest absolute Gasteiger partial charge is 0.396 e. The van der Waals surface area contributed by atoms with E-state index in [9.17, 15) is 4.79 Å². The van der Waals surface area contributed by atoms with Crippen LogP contribution in [0.4, 0.5) is 0 Å². The molecule has 0 radical (unpaired) electrons. The number of halogens is 1. The molecule has 1 amide bonds. The third kappa shape index (κ3) is 2.61. The van der Waals surface area contributed by atoms with E-state index in [1.165, 1.54) is 0 Å². The van der Waals surface area contributed by atoms with Crippen molar-refractivity contribution in [1.82, 2.24) is 10.3 Å². The Morgan fingerprint density at radius 3 is 2.88 bits per heavy atom. The van der Waals surface area contributed by atoms with Crippen LogP contribution in [0.3, 0.4) is 0 Å². The molecule has 0 saturated carbocycles. The van der Waals surface area contributed by atoms with E-state index < -0.39 is 0 Å². The number of rotatable bonds is 4. The van der Waals surface area contributed by atoms with Gasteiger partial charge in [0.2, 0.25) is 0 Å². The zero-order chi connectivity index (χ0) is 12.3. The van der Waals surface area contributed by atoms with Gasteiger partial charge in [0.1, 0.15) is 5.69 Å². The summed E-state index contributed by atoms with van der Waals surface area (Å²) in [4.78, 5) is 15.0. The Hall–Kier alpha value is -1.08. The fourth-order valence-electron chi connectivity index (χ4n) is 1.63. The number of aliphatic hydroxyl groups is 1. The maximum Gasteiger partial charge on any atom is 0.268 e. The molecule has 0 unspecified atom stereocenters. The second-order valence-corrected chi connectivity index (χ2v) is 4.77. The highest BCUT2D eigenvalue weighted by atomic mass is 127. The van der Waals surface area contributed by atoms with Crippen LogP contribution < -0.4 is 5.32 Å². The van der Waals surface area contributed by atoms with Gasteiger partial charge in [-0.25, -0.2) is 0 Å². The van der Waals surface area contributed by atoms with Crippen LogP contribution in [0.15, 0.2) is 24.3 Å². The lowest BCUT2D eigenvalue weighted by Crippen LogP contribution is -2.25. The summed E-state index contributed by atoms with van der Waals surface area (Å²) in [5.74, 6) is -0.126. The van der Waals surface area contributed by atoms with Crippen LogP contribution in [0.5, 0.6) is 0 Å². The Bertz CT molecular complexity index is 536. The second-order valence-electron chi connectivity index (χ2n) is 3.69. The number of amides is 1. The van der Waals surface area contributed by atoms with Crippen molar-refractivity contribution in [3.8, 4) is 0 Å². The summed E-state index contributed by atoms with van der Waals surface area (Å²) < 4.78 is 0.930. The van der Waals surface area contributed by atoms with Crippen LogP contribution in [0.25, 0.3) is 10.9 Å². The molecule has 0 bridgehead atoms. The summed E-state index contributed by atoms with van der Waals surface area (Å²) in [5, 5.41) is 12.5. The van der Waals surface area contributed by atoms with Crippen molar-refractivity contribution in [2.75, 3.05) is 13.2 Å². The van der Waals surface area contributed by atoms with Crippen molar-refractivity contribution in [1.29, 1.82) is 0 Å². The molecule has 0 aliphatic carbocycles. The third-order valence-corrected chi connectivity index (χ3v) is 3.61. The lowest BCUT2D eigenvalue weighted by molar-refractivity contribution is 0.0946. The maximum absolute atomic E-state index is 11.9. The van der Waals surface area contributed by atoms with Gasteiger partial charge >= 0.3 is 0 Å². The van der Waals surface area contributed by atoms with Crippen molar-refractivity contribution in [3.63, 3.8) is 0 Å². The van der Waals surface area contributed by atoms with E-state index in [4.69, 9.17) is 5.11 Å². The first-order chi connectivity index (χ1) is 8.24. The predicted molar refractivity (Wildman–Crippen MR) is 75.1 cm³/mol. The molecular formula is C12H13IN2O2. The van der Waals surface area contributed by atoms with E-state index >= 15 is 0 Å². The van der Waals surface area contributed by atoms with E-state index in [-0.39, 0.29) is 12.5 Å². The van der Waals surface area contributed by atoms with Gasteiger partial charge in [0.15, 0.2) is 0 Å². The van der Waals surface area contributed by atoms with Crippen molar-refractivity contribution in [2.45, 2.75) is 6.42 Å². The zero-order valence-electron chi connectivity index (χ0n) is 9.16. The Balaban J connectivity index is 2.23. The minimum atomic E-state index is -0.126. The summed E-state index contributed by atoms with van der Waals surface area (Å²) in [7, 11) is 0. The van der Waals surface area contributed by atoms with Gasteiger partial charge in [0.25, 0.3) is 5.91 Å². The molecule has 4 nitrogen and oxygen atoms in total. The number of aromatic nitrogens is 1. The fraction of sp³-hybridized carbons (Fsp3) is 0.250. The number of fused-ring (bicyclic) bond motifs is 1. The van der Waals surface area contributed by atoms with Crippen molar-refractivity contribution >= 4 is 39.4 Å². The minimum absolute atomic E-state index is 0.0874. The highest BCUT2D eigenvalue weighted by Gasteiger charge is 2.14. The second kappa shape index (κ2) is 5.50. The quantitative estimate of drug-likeness (QED) is 0.586. The molecule has 1 aromatic heterocycles. The van der Waals surface area contributed by atoms with Crippen molar-refractivity contribution in [2.24, 2.45) is 0 Å². The maximum atomic E-state index is 11.9. The van der Waals surface area contributed by atoms with E-state index in [0.29, 0.717) is 18.7 Å². The molecular weight excluding hydrogens is 331 g/mol. The highest BCUT2D eigenvalue weighted by Crippen LogP contribution is 2.23. The van der Waals surface area contributed by atoms with Gasteiger partial charge in [0, 0.05) is 24.1 Å². The van der Waals surface area contributed by atoms with Gasteiger partial charge in [-0.05, 0) is 35.1 Å². The average molecular weight is 344 g/mol. The number of carbonyl (C=O) groups excluding carboxylic acids is 1. The number of benzene rings is 1. The molecule has 1 aromatic carbocycles. The van der Waals surface area contributed by atoms with Gasteiger partial charge < -0.3 is 15.4 Å². The molecule has 3 N–H and O–H groups in total. The summed E-state index contributed by atoms with van der Waals surface area (Å²) >= 11 is 2.17. The SMILES string of the molecule is O=C(NCCCO)c1[nH]c2ccccc2c1I. The molecule has 5 heteroatoms. The average Bonchev–Trinajstić information content (AvgIpc) is 2.68. The normalized spacial score (nSPS) is 10.7. The van der Waals surface area contributed by atoms with Crippen LogP contribution in [0.2, 0.25) is 0 Å². The molecule has 0 spiro atoms. The number of H-pyrrole nitrogens is 1. The lowest BCUT2D eigenvalue weighted by Gasteiger charge is -2.02. The number of hydrogen-bond donors (Lipinski definition) is 3. The van der Waals surface area contributed by atoms with Crippen molar-refractivity contribution in [3.05, 3.63) is 33.5 Å². The van der Waals surface area contributed by atoms with Gasteiger partial charge in [-0.15, -0.1) is 0 Å². The third-order valence-electron chi connectivity index (χ3n) is 2.49. The summed E-state index contributed by atoms with van der Waals surface area (Å²) in [6.07, 6.45) is 0.572. The monoisotopic (exact) mass is 344 g/mol. The molecule has 2 rings (SSSR count). The molecule has 1 heterocycles. The lowest BCUT2D eigenvalue weighted by atomic mass is 10.2. The van der Waals surface area contributed by atoms with Crippen LogP contribution in [-0.4, -0.2) is 29.1 Å². The molecule has 2 aromatic rings. The molecule has 0 aliphatic heterocycles. The van der Waals surface area contributed by atoms with Gasteiger partial charge in [-0.1, -0.05) is 18.2 Å². The van der Waals surface area contributed by atoms with Crippen LogP contribution in [-0.2, 0) is 0 Å². The number of aliphatic hydroxyl groups excluding tert-OH is 1. The Morgan fingerprint density at radius 2 is 2.18 bits per heavy atom. The van der Waals surface area contributed by atoms with E-state index in [1.54, 1.807) is 0 Å². The Morgan fingerprint density at radius 1 is 1.41 bits per heavy atom. The standard InChI is InChI=1S/C12H13IN2O2/c13-10-8-4-1-2-5-9(8)15-11(10)12(17)14-6-3-7-16/h1-2,4-5,15-16H,3,6-7H2,(H,14,17). The first-order valence-corrected chi connectivity index (χ1v) is 6.47. The number of carbonyl (C=O) groups is 1. The summed E-state index contributed by atoms with van der Waals surface area (Å²) in [6, 6.07) is 7.81. The van der Waals surface area contributed by atoms with Crippen LogP contribution >= 0.6 is 22.6 Å². The molecule has 0 atom stereocenters. The number of hydrogen-bond acceptors (Lipinski definition) is 2. The Labute approximate surface area is 113 Å². The molecule has 0 aliphatic rings. The molecule has 17 heavy (non-hydrogen) atoms. The number of nitrogens with one attached hydrogen (secondary N) is 2. The minimum Gasteiger partial charge on any atom is -0.396 e. The summed E-state index contributed by atoms with van der Waals surface area (Å²) in [6.45, 7) is 0.574. The van der Waals surface area contributed by atoms with Crippen LogP contribution in [0, 0.1) is 3.57 Å². The van der Waals surface area contributed by atoms with Gasteiger partial charge in [-0.2, -0.15) is 0 Å². The van der Waals surface area contributed by atoms with Crippen LogP contribution in [0.1, 0.15) is 16.9 Å². The van der Waals surface area contributed by atoms with E-state index in [1.807, 2.05) is 24.3 Å². The van der Waals surface area contributed by atoms with Crippen molar-refractivity contribution < 1.29 is 9.90 Å². The summed E-state index contributed by atoms with van der Waals surface area (Å²) in [5.41, 5.74) is 1.55. The van der Waals surface area contributed by atoms with Gasteiger partial charge in [0.05, 0.1) is 3.57 Å².